The van der Waals surface area contributed by atoms with E-state index < -0.39 is 6.17 Å². The molecule has 160 valence electrons. The first-order chi connectivity index (χ1) is 15.0. The number of aryl methyl sites for hydroxylation is 1. The van der Waals surface area contributed by atoms with E-state index in [1.165, 1.54) is 0 Å². The third-order valence-electron chi connectivity index (χ3n) is 5.39. The minimum Gasteiger partial charge on any atom is -0.335 e. The van der Waals surface area contributed by atoms with E-state index >= 15 is 0 Å². The molecule has 0 saturated carbocycles. The van der Waals surface area contributed by atoms with Gasteiger partial charge in [0.05, 0.1) is 5.56 Å². The van der Waals surface area contributed by atoms with Crippen LogP contribution in [-0.2, 0) is 11.3 Å². The molecule has 8 nitrogen and oxygen atoms in total. The number of fused-ring (bicyclic) bond motifs is 1. The average Bonchev–Trinajstić information content (AvgIpc) is 3.24. The van der Waals surface area contributed by atoms with Gasteiger partial charge < -0.3 is 20.1 Å². The zero-order valence-corrected chi connectivity index (χ0v) is 17.9. The summed E-state index contributed by atoms with van der Waals surface area (Å²) in [5.74, 6) is 1.58. The summed E-state index contributed by atoms with van der Waals surface area (Å²) >= 11 is 0. The van der Waals surface area contributed by atoms with Crippen molar-refractivity contribution in [2.75, 3.05) is 17.3 Å². The summed E-state index contributed by atoms with van der Waals surface area (Å²) in [4.78, 5) is 35.9. The van der Waals surface area contributed by atoms with Crippen molar-refractivity contribution in [1.82, 2.24) is 19.9 Å². The van der Waals surface area contributed by atoms with Gasteiger partial charge in [0.1, 0.15) is 17.8 Å². The molecule has 0 saturated heterocycles. The minimum atomic E-state index is -0.437. The van der Waals surface area contributed by atoms with Crippen molar-refractivity contribution in [3.8, 4) is 0 Å². The van der Waals surface area contributed by atoms with Crippen molar-refractivity contribution in [2.45, 2.75) is 38.9 Å². The van der Waals surface area contributed by atoms with Crippen LogP contribution in [0.4, 0.5) is 11.5 Å². The summed E-state index contributed by atoms with van der Waals surface area (Å²) in [5, 5.41) is 6.02. The summed E-state index contributed by atoms with van der Waals surface area (Å²) in [6, 6.07) is 11.0. The Balaban J connectivity index is 1.51. The number of pyridine rings is 1. The Labute approximate surface area is 181 Å². The van der Waals surface area contributed by atoms with Crippen molar-refractivity contribution in [3.63, 3.8) is 0 Å². The van der Waals surface area contributed by atoms with Crippen LogP contribution in [0.25, 0.3) is 0 Å². The standard InChI is InChI=1S/C23H26N6O2/c1-15(2)20-25-12-14-29(20)13-10-19(30)26-18-9-5-4-7-16(18)22-27-23(31)17-8-6-11-24-21(17)28(22)3/h4-9,11-12,14-15,22H,10,13H2,1-3H3,(H,26,30)(H,27,31)/t22-/m1/s1. The van der Waals surface area contributed by atoms with Crippen molar-refractivity contribution in [3.05, 3.63) is 71.9 Å². The molecule has 0 fully saturated rings. The third kappa shape index (κ3) is 4.14. The Morgan fingerprint density at radius 1 is 1.16 bits per heavy atom. The molecule has 0 bridgehead atoms. The van der Waals surface area contributed by atoms with Gasteiger partial charge in [-0.05, 0) is 18.2 Å². The molecule has 3 heterocycles. The van der Waals surface area contributed by atoms with E-state index in [2.05, 4.69) is 34.4 Å². The normalized spacial score (nSPS) is 15.5. The molecule has 3 aromatic rings. The van der Waals surface area contributed by atoms with E-state index in [1.807, 2.05) is 47.0 Å². The van der Waals surface area contributed by atoms with Crippen molar-refractivity contribution >= 4 is 23.3 Å². The number of nitrogens with zero attached hydrogens (tertiary/aromatic N) is 4. The van der Waals surface area contributed by atoms with Gasteiger partial charge in [-0.1, -0.05) is 32.0 Å². The number of rotatable bonds is 6. The lowest BCUT2D eigenvalue weighted by atomic mass is 10.0. The fraction of sp³-hybridized carbons (Fsp3) is 0.304. The van der Waals surface area contributed by atoms with Crippen LogP contribution in [0.3, 0.4) is 0 Å². The van der Waals surface area contributed by atoms with Gasteiger partial charge in [0.15, 0.2) is 0 Å². The summed E-state index contributed by atoms with van der Waals surface area (Å²) in [6.07, 6.45) is 5.21. The third-order valence-corrected chi connectivity index (χ3v) is 5.39. The van der Waals surface area contributed by atoms with E-state index in [0.29, 0.717) is 36.0 Å². The van der Waals surface area contributed by atoms with Crippen LogP contribution < -0.4 is 15.5 Å². The lowest BCUT2D eigenvalue weighted by Crippen LogP contribution is -2.45. The van der Waals surface area contributed by atoms with E-state index in [1.54, 1.807) is 24.5 Å². The highest BCUT2D eigenvalue weighted by atomic mass is 16.2. The van der Waals surface area contributed by atoms with Crippen LogP contribution in [0.5, 0.6) is 0 Å². The molecule has 4 rings (SSSR count). The molecular formula is C23H26N6O2. The number of hydrogen-bond acceptors (Lipinski definition) is 5. The maximum atomic E-state index is 12.7. The molecule has 8 heteroatoms. The van der Waals surface area contributed by atoms with Gasteiger partial charge >= 0.3 is 0 Å². The van der Waals surface area contributed by atoms with Gasteiger partial charge in [0.2, 0.25) is 5.91 Å². The second-order valence-electron chi connectivity index (χ2n) is 7.88. The number of nitrogens with one attached hydrogen (secondary N) is 2. The number of hydrogen-bond donors (Lipinski definition) is 2. The molecule has 0 unspecified atom stereocenters. The van der Waals surface area contributed by atoms with Gasteiger partial charge in [-0.3, -0.25) is 9.59 Å². The molecule has 1 aliphatic heterocycles. The largest absolute Gasteiger partial charge is 0.335 e. The molecule has 1 aliphatic rings. The number of benzene rings is 1. The average molecular weight is 419 g/mol. The molecule has 31 heavy (non-hydrogen) atoms. The molecule has 2 aromatic heterocycles. The van der Waals surface area contributed by atoms with Crippen LogP contribution >= 0.6 is 0 Å². The Kier molecular flexibility index (Phi) is 5.70. The van der Waals surface area contributed by atoms with Gasteiger partial charge in [-0.15, -0.1) is 0 Å². The zero-order valence-electron chi connectivity index (χ0n) is 17.9. The van der Waals surface area contributed by atoms with E-state index in [0.717, 1.165) is 11.4 Å². The first kappa shape index (κ1) is 20.6. The molecule has 2 N–H and O–H groups in total. The summed E-state index contributed by atoms with van der Waals surface area (Å²) < 4.78 is 2.01. The highest BCUT2D eigenvalue weighted by molar-refractivity contribution is 6.01. The van der Waals surface area contributed by atoms with Gasteiger partial charge in [0, 0.05) is 55.8 Å². The van der Waals surface area contributed by atoms with Crippen LogP contribution in [0.15, 0.2) is 55.0 Å². The van der Waals surface area contributed by atoms with Crippen molar-refractivity contribution in [1.29, 1.82) is 0 Å². The molecule has 1 atom stereocenters. The predicted molar refractivity (Wildman–Crippen MR) is 119 cm³/mol. The van der Waals surface area contributed by atoms with Crippen molar-refractivity contribution < 1.29 is 9.59 Å². The van der Waals surface area contributed by atoms with Crippen molar-refractivity contribution in [2.24, 2.45) is 0 Å². The number of para-hydroxylation sites is 1. The van der Waals surface area contributed by atoms with Crippen LogP contribution in [-0.4, -0.2) is 33.4 Å². The maximum Gasteiger partial charge on any atom is 0.256 e. The molecule has 2 amide bonds. The highest BCUT2D eigenvalue weighted by Gasteiger charge is 2.31. The van der Waals surface area contributed by atoms with E-state index in [-0.39, 0.29) is 11.8 Å². The predicted octanol–water partition coefficient (Wildman–Crippen LogP) is 3.31. The number of carbonyl (C=O) groups is 2. The Morgan fingerprint density at radius 2 is 1.97 bits per heavy atom. The zero-order chi connectivity index (χ0) is 22.0. The number of anilines is 2. The Hall–Kier alpha value is -3.68. The minimum absolute atomic E-state index is 0.0980. The first-order valence-corrected chi connectivity index (χ1v) is 10.3. The second-order valence-corrected chi connectivity index (χ2v) is 7.88. The van der Waals surface area contributed by atoms with Gasteiger partial charge in [-0.2, -0.15) is 0 Å². The molecular weight excluding hydrogens is 392 g/mol. The Bertz CT molecular complexity index is 1110. The number of carbonyl (C=O) groups excluding carboxylic acids is 2. The van der Waals surface area contributed by atoms with E-state index in [4.69, 9.17) is 0 Å². The summed E-state index contributed by atoms with van der Waals surface area (Å²) in [5.41, 5.74) is 2.00. The SMILES string of the molecule is CC(C)c1nccn1CCC(=O)Nc1ccccc1[C@@H]1NC(=O)c2cccnc2N1C. The monoisotopic (exact) mass is 418 g/mol. The fourth-order valence-corrected chi connectivity index (χ4v) is 3.86. The van der Waals surface area contributed by atoms with E-state index in [9.17, 15) is 9.59 Å². The van der Waals surface area contributed by atoms with Gasteiger partial charge in [-0.25, -0.2) is 9.97 Å². The molecule has 1 aromatic carbocycles. The summed E-state index contributed by atoms with van der Waals surface area (Å²) in [6.45, 7) is 4.72. The molecule has 0 aliphatic carbocycles. The highest BCUT2D eigenvalue weighted by Crippen LogP contribution is 2.33. The van der Waals surface area contributed by atoms with Crippen LogP contribution in [0, 0.1) is 0 Å². The molecule has 0 spiro atoms. The lowest BCUT2D eigenvalue weighted by Gasteiger charge is -2.36. The quantitative estimate of drug-likeness (QED) is 0.641. The topological polar surface area (TPSA) is 92.2 Å². The number of amides is 2. The van der Waals surface area contributed by atoms with Crippen LogP contribution in [0.1, 0.15) is 54.1 Å². The smallest absolute Gasteiger partial charge is 0.256 e. The van der Waals surface area contributed by atoms with Crippen LogP contribution in [0.2, 0.25) is 0 Å². The summed E-state index contributed by atoms with van der Waals surface area (Å²) in [7, 11) is 1.88. The Morgan fingerprint density at radius 3 is 2.77 bits per heavy atom. The molecule has 0 radical (unpaired) electrons. The lowest BCUT2D eigenvalue weighted by molar-refractivity contribution is -0.116. The second kappa shape index (κ2) is 8.59. The maximum absolute atomic E-state index is 12.7. The fourth-order valence-electron chi connectivity index (χ4n) is 3.86. The van der Waals surface area contributed by atoms with Gasteiger partial charge in [0.25, 0.3) is 5.91 Å². The number of imidazole rings is 1. The first-order valence-electron chi connectivity index (χ1n) is 10.3. The number of aromatic nitrogens is 3.